The Labute approximate surface area is 141 Å². The molecule has 0 atom stereocenters. The van der Waals surface area contributed by atoms with Gasteiger partial charge in [-0.2, -0.15) is 0 Å². The van der Waals surface area contributed by atoms with Crippen molar-refractivity contribution >= 4 is 17.4 Å². The lowest BCUT2D eigenvalue weighted by Crippen LogP contribution is -2.33. The van der Waals surface area contributed by atoms with Crippen molar-refractivity contribution in [3.63, 3.8) is 0 Å². The summed E-state index contributed by atoms with van der Waals surface area (Å²) in [6.07, 6.45) is 2.33. The number of hydrogen-bond donors (Lipinski definition) is 1. The van der Waals surface area contributed by atoms with Crippen LogP contribution in [0.25, 0.3) is 0 Å². The van der Waals surface area contributed by atoms with E-state index >= 15 is 0 Å². The molecule has 0 unspecified atom stereocenters. The normalized spacial score (nSPS) is 15.2. The van der Waals surface area contributed by atoms with Crippen molar-refractivity contribution in [1.29, 1.82) is 0 Å². The molecule has 1 aliphatic heterocycles. The number of carbonyl (C=O) groups excluding carboxylic acids is 1. The van der Waals surface area contributed by atoms with Crippen molar-refractivity contribution in [3.05, 3.63) is 42.1 Å². The highest BCUT2D eigenvalue weighted by molar-refractivity contribution is 6.02. The van der Waals surface area contributed by atoms with Gasteiger partial charge in [-0.3, -0.25) is 4.79 Å². The standard InChI is InChI=1S/C18H22N4O2/c1-13-8-10-22(11-9-13)17-7-6-16(20-21-17)18(23)19-14-4-3-5-15(12-14)24-2/h3-7,12-13H,8-11H2,1-2H3,(H,19,23). The molecule has 1 aliphatic rings. The largest absolute Gasteiger partial charge is 0.497 e. The Morgan fingerprint density at radius 3 is 2.67 bits per heavy atom. The average molecular weight is 326 g/mol. The fraction of sp³-hybridized carbons (Fsp3) is 0.389. The molecule has 0 bridgehead atoms. The molecule has 2 aromatic rings. The molecular formula is C18H22N4O2. The lowest BCUT2D eigenvalue weighted by Gasteiger charge is -2.30. The number of nitrogens with zero attached hydrogens (tertiary/aromatic N) is 3. The average Bonchev–Trinajstić information content (AvgIpc) is 2.62. The molecular weight excluding hydrogens is 304 g/mol. The van der Waals surface area contributed by atoms with E-state index in [0.717, 1.165) is 24.8 Å². The smallest absolute Gasteiger partial charge is 0.276 e. The van der Waals surface area contributed by atoms with E-state index in [9.17, 15) is 4.79 Å². The number of hydrogen-bond acceptors (Lipinski definition) is 5. The number of aromatic nitrogens is 2. The van der Waals surface area contributed by atoms with Crippen LogP contribution in [0.3, 0.4) is 0 Å². The van der Waals surface area contributed by atoms with Crippen molar-refractivity contribution < 1.29 is 9.53 Å². The van der Waals surface area contributed by atoms with E-state index in [1.54, 1.807) is 25.3 Å². The summed E-state index contributed by atoms with van der Waals surface area (Å²) in [5.74, 6) is 2.00. The molecule has 1 aromatic carbocycles. The van der Waals surface area contributed by atoms with Gasteiger partial charge in [-0.15, -0.1) is 10.2 Å². The quantitative estimate of drug-likeness (QED) is 0.935. The number of piperidine rings is 1. The molecule has 0 spiro atoms. The monoisotopic (exact) mass is 326 g/mol. The van der Waals surface area contributed by atoms with Gasteiger partial charge < -0.3 is 15.0 Å². The van der Waals surface area contributed by atoms with Gasteiger partial charge in [-0.25, -0.2) is 0 Å². The second-order valence-corrected chi connectivity index (χ2v) is 6.13. The number of benzene rings is 1. The minimum Gasteiger partial charge on any atom is -0.497 e. The van der Waals surface area contributed by atoms with Crippen LogP contribution in [0.4, 0.5) is 11.5 Å². The van der Waals surface area contributed by atoms with Crippen LogP contribution in [0.5, 0.6) is 5.75 Å². The van der Waals surface area contributed by atoms with Crippen molar-refractivity contribution in [3.8, 4) is 5.75 Å². The zero-order valence-corrected chi connectivity index (χ0v) is 14.0. The molecule has 1 N–H and O–H groups in total. The molecule has 24 heavy (non-hydrogen) atoms. The number of nitrogens with one attached hydrogen (secondary N) is 1. The number of methoxy groups -OCH3 is 1. The van der Waals surface area contributed by atoms with Crippen molar-refractivity contribution in [2.75, 3.05) is 30.4 Å². The number of ether oxygens (including phenoxy) is 1. The molecule has 1 saturated heterocycles. The topological polar surface area (TPSA) is 67.3 Å². The molecule has 0 aliphatic carbocycles. The highest BCUT2D eigenvalue weighted by Gasteiger charge is 2.18. The van der Waals surface area contributed by atoms with Gasteiger partial charge in [0.05, 0.1) is 7.11 Å². The third-order valence-corrected chi connectivity index (χ3v) is 4.32. The van der Waals surface area contributed by atoms with Crippen molar-refractivity contribution in [2.24, 2.45) is 5.92 Å². The Morgan fingerprint density at radius 1 is 1.21 bits per heavy atom. The summed E-state index contributed by atoms with van der Waals surface area (Å²) in [7, 11) is 1.59. The first-order valence-electron chi connectivity index (χ1n) is 8.20. The van der Waals surface area contributed by atoms with Crippen LogP contribution in [-0.2, 0) is 0 Å². The van der Waals surface area contributed by atoms with Crippen LogP contribution in [0.2, 0.25) is 0 Å². The van der Waals surface area contributed by atoms with Gasteiger partial charge in [0, 0.05) is 24.8 Å². The van der Waals surface area contributed by atoms with Gasteiger partial charge >= 0.3 is 0 Å². The van der Waals surface area contributed by atoms with Gasteiger partial charge in [0.15, 0.2) is 11.5 Å². The number of amides is 1. The van der Waals surface area contributed by atoms with Crippen LogP contribution in [-0.4, -0.2) is 36.3 Å². The highest BCUT2D eigenvalue weighted by atomic mass is 16.5. The van der Waals surface area contributed by atoms with E-state index in [4.69, 9.17) is 4.74 Å². The summed E-state index contributed by atoms with van der Waals surface area (Å²) < 4.78 is 5.15. The van der Waals surface area contributed by atoms with Gasteiger partial charge in [0.1, 0.15) is 5.75 Å². The fourth-order valence-corrected chi connectivity index (χ4v) is 2.75. The Kier molecular flexibility index (Phi) is 4.93. The van der Waals surface area contributed by atoms with Gasteiger partial charge in [-0.1, -0.05) is 13.0 Å². The summed E-state index contributed by atoms with van der Waals surface area (Å²) in [6.45, 7) is 4.26. The number of carbonyl (C=O) groups is 1. The van der Waals surface area contributed by atoms with E-state index in [-0.39, 0.29) is 5.91 Å². The Morgan fingerprint density at radius 2 is 2.00 bits per heavy atom. The SMILES string of the molecule is COc1cccc(NC(=O)c2ccc(N3CCC(C)CC3)nn2)c1. The lowest BCUT2D eigenvalue weighted by atomic mass is 9.99. The minimum absolute atomic E-state index is 0.283. The third kappa shape index (κ3) is 3.82. The molecule has 3 rings (SSSR count). The molecule has 2 heterocycles. The molecule has 1 amide bonds. The van der Waals surface area contributed by atoms with E-state index in [2.05, 4.69) is 27.3 Å². The second kappa shape index (κ2) is 7.29. The van der Waals surface area contributed by atoms with Crippen molar-refractivity contribution in [1.82, 2.24) is 10.2 Å². The predicted molar refractivity (Wildman–Crippen MR) is 93.6 cm³/mol. The van der Waals surface area contributed by atoms with E-state index in [1.807, 2.05) is 18.2 Å². The maximum Gasteiger partial charge on any atom is 0.276 e. The van der Waals surface area contributed by atoms with Crippen LogP contribution >= 0.6 is 0 Å². The van der Waals surface area contributed by atoms with Crippen LogP contribution in [0.15, 0.2) is 36.4 Å². The number of rotatable bonds is 4. The van der Waals surface area contributed by atoms with Crippen LogP contribution in [0.1, 0.15) is 30.3 Å². The van der Waals surface area contributed by atoms with E-state index in [1.165, 1.54) is 12.8 Å². The fourth-order valence-electron chi connectivity index (χ4n) is 2.75. The molecule has 0 saturated carbocycles. The zero-order chi connectivity index (χ0) is 16.9. The summed E-state index contributed by atoms with van der Waals surface area (Å²) in [6, 6.07) is 10.8. The van der Waals surface area contributed by atoms with E-state index < -0.39 is 0 Å². The molecule has 1 fully saturated rings. The summed E-state index contributed by atoms with van der Waals surface area (Å²) in [5, 5.41) is 11.1. The first kappa shape index (κ1) is 16.2. The molecule has 126 valence electrons. The molecule has 6 heteroatoms. The van der Waals surface area contributed by atoms with Crippen LogP contribution in [0, 0.1) is 5.92 Å². The predicted octanol–water partition coefficient (Wildman–Crippen LogP) is 2.97. The maximum atomic E-state index is 12.3. The first-order valence-corrected chi connectivity index (χ1v) is 8.20. The second-order valence-electron chi connectivity index (χ2n) is 6.13. The van der Waals surface area contributed by atoms with Crippen molar-refractivity contribution in [2.45, 2.75) is 19.8 Å². The zero-order valence-electron chi connectivity index (χ0n) is 14.0. The molecule has 6 nitrogen and oxygen atoms in total. The summed E-state index contributed by atoms with van der Waals surface area (Å²) >= 11 is 0. The summed E-state index contributed by atoms with van der Waals surface area (Å²) in [5.41, 5.74) is 0.960. The Bertz CT molecular complexity index is 694. The molecule has 0 radical (unpaired) electrons. The summed E-state index contributed by atoms with van der Waals surface area (Å²) in [4.78, 5) is 14.5. The highest BCUT2D eigenvalue weighted by Crippen LogP contribution is 2.21. The molecule has 1 aromatic heterocycles. The van der Waals surface area contributed by atoms with Gasteiger partial charge in [0.25, 0.3) is 5.91 Å². The van der Waals surface area contributed by atoms with Crippen LogP contribution < -0.4 is 15.0 Å². The third-order valence-electron chi connectivity index (χ3n) is 4.32. The Hall–Kier alpha value is -2.63. The first-order chi connectivity index (χ1) is 11.7. The minimum atomic E-state index is -0.283. The maximum absolute atomic E-state index is 12.3. The van der Waals surface area contributed by atoms with Gasteiger partial charge in [0.2, 0.25) is 0 Å². The Balaban J connectivity index is 1.65. The lowest BCUT2D eigenvalue weighted by molar-refractivity contribution is 0.102. The van der Waals surface area contributed by atoms with E-state index in [0.29, 0.717) is 17.1 Å². The van der Waals surface area contributed by atoms with Gasteiger partial charge in [-0.05, 0) is 43.0 Å². The number of anilines is 2.